The molecule has 2 heterocycles. The topological polar surface area (TPSA) is 69.7 Å². The molecule has 1 amide bonds. The van der Waals surface area contributed by atoms with Gasteiger partial charge in [-0.1, -0.05) is 55.0 Å². The Balaban J connectivity index is 1.40. The standard InChI is InChI=1S/C29H30F3N3O3S/c30-29(31,32)25-10-4-3-9-24(25)21-12-14-23(15-13-21)39(37,38)35-26-11-5-2-8-22(26)20-27(35)28(36)33-16-19-34-17-6-1-7-18-34/h2-5,8-15,27H,1,6-7,16-20H2,(H,33,36)/t27-/m0/s1. The number of rotatable bonds is 7. The second kappa shape index (κ2) is 11.0. The fourth-order valence-electron chi connectivity index (χ4n) is 5.39. The van der Waals surface area contributed by atoms with Gasteiger partial charge in [0.2, 0.25) is 5.91 Å². The number of anilines is 1. The molecule has 2 aliphatic heterocycles. The van der Waals surface area contributed by atoms with Crippen LogP contribution in [0.1, 0.15) is 30.4 Å². The van der Waals surface area contributed by atoms with E-state index >= 15 is 0 Å². The van der Waals surface area contributed by atoms with Crippen LogP contribution in [0.5, 0.6) is 0 Å². The minimum absolute atomic E-state index is 0.0357. The van der Waals surface area contributed by atoms with Crippen LogP contribution >= 0.6 is 0 Å². The Morgan fingerprint density at radius 2 is 1.56 bits per heavy atom. The zero-order valence-electron chi connectivity index (χ0n) is 21.3. The van der Waals surface area contributed by atoms with Crippen molar-refractivity contribution in [2.45, 2.75) is 42.8 Å². The number of hydrogen-bond acceptors (Lipinski definition) is 4. The number of alkyl halides is 3. The Morgan fingerprint density at radius 1 is 0.897 bits per heavy atom. The lowest BCUT2D eigenvalue weighted by molar-refractivity contribution is -0.137. The molecule has 0 saturated carbocycles. The molecule has 0 aliphatic carbocycles. The number of carbonyl (C=O) groups is 1. The van der Waals surface area contributed by atoms with Crippen LogP contribution in [0.4, 0.5) is 18.9 Å². The number of carbonyl (C=O) groups excluding carboxylic acids is 1. The number of benzene rings is 3. The quantitative estimate of drug-likeness (QED) is 0.439. The van der Waals surface area contributed by atoms with E-state index in [0.29, 0.717) is 18.8 Å². The lowest BCUT2D eigenvalue weighted by atomic mass is 9.99. The molecule has 0 bridgehead atoms. The average molecular weight is 558 g/mol. The number of piperidine rings is 1. The molecule has 0 spiro atoms. The second-order valence-electron chi connectivity index (χ2n) is 9.91. The molecule has 1 fully saturated rings. The van der Waals surface area contributed by atoms with Crippen LogP contribution in [0.2, 0.25) is 0 Å². The van der Waals surface area contributed by atoms with Crippen molar-refractivity contribution in [1.82, 2.24) is 10.2 Å². The van der Waals surface area contributed by atoms with Crippen LogP contribution in [-0.4, -0.2) is 51.4 Å². The molecule has 0 radical (unpaired) electrons. The number of hydrogen-bond donors (Lipinski definition) is 1. The van der Waals surface area contributed by atoms with E-state index in [-0.39, 0.29) is 28.4 Å². The number of sulfonamides is 1. The highest BCUT2D eigenvalue weighted by Crippen LogP contribution is 2.39. The summed E-state index contributed by atoms with van der Waals surface area (Å²) in [5.74, 6) is -0.373. The Bertz CT molecular complexity index is 1440. The Hall–Kier alpha value is -3.37. The number of para-hydroxylation sites is 1. The average Bonchev–Trinajstić information content (AvgIpc) is 3.34. The van der Waals surface area contributed by atoms with Crippen molar-refractivity contribution >= 4 is 21.6 Å². The minimum atomic E-state index is -4.55. The summed E-state index contributed by atoms with van der Waals surface area (Å²) < 4.78 is 69.4. The molecule has 2 aliphatic rings. The number of nitrogens with one attached hydrogen (secondary N) is 1. The van der Waals surface area contributed by atoms with Crippen molar-refractivity contribution in [2.75, 3.05) is 30.5 Å². The molecule has 5 rings (SSSR count). The van der Waals surface area contributed by atoms with Gasteiger partial charge in [-0.25, -0.2) is 8.42 Å². The van der Waals surface area contributed by atoms with E-state index in [2.05, 4.69) is 10.2 Å². The van der Waals surface area contributed by atoms with Gasteiger partial charge in [-0.2, -0.15) is 13.2 Å². The molecule has 3 aromatic carbocycles. The van der Waals surface area contributed by atoms with Crippen LogP contribution in [-0.2, 0) is 27.4 Å². The number of amides is 1. The zero-order chi connectivity index (χ0) is 27.6. The van der Waals surface area contributed by atoms with E-state index in [9.17, 15) is 26.4 Å². The monoisotopic (exact) mass is 557 g/mol. The lowest BCUT2D eigenvalue weighted by Crippen LogP contribution is -2.49. The maximum atomic E-state index is 13.9. The van der Waals surface area contributed by atoms with Gasteiger partial charge in [0, 0.05) is 19.5 Å². The van der Waals surface area contributed by atoms with Gasteiger partial charge in [-0.05, 0) is 66.9 Å². The first-order valence-electron chi connectivity index (χ1n) is 13.1. The molecular weight excluding hydrogens is 527 g/mol. The molecule has 39 heavy (non-hydrogen) atoms. The number of likely N-dealkylation sites (tertiary alicyclic amines) is 1. The van der Waals surface area contributed by atoms with Gasteiger partial charge in [-0.3, -0.25) is 9.10 Å². The summed E-state index contributed by atoms with van der Waals surface area (Å²) in [5.41, 5.74) is 0.589. The van der Waals surface area contributed by atoms with E-state index in [0.717, 1.165) is 41.9 Å². The zero-order valence-corrected chi connectivity index (χ0v) is 22.1. The van der Waals surface area contributed by atoms with Crippen LogP contribution < -0.4 is 9.62 Å². The minimum Gasteiger partial charge on any atom is -0.353 e. The molecule has 0 aromatic heterocycles. The van der Waals surface area contributed by atoms with E-state index < -0.39 is 27.8 Å². The molecular formula is C29H30F3N3O3S. The summed E-state index contributed by atoms with van der Waals surface area (Å²) in [4.78, 5) is 15.5. The molecule has 1 atom stereocenters. The van der Waals surface area contributed by atoms with E-state index in [1.807, 2.05) is 0 Å². The summed E-state index contributed by atoms with van der Waals surface area (Å²) >= 11 is 0. The molecule has 10 heteroatoms. The van der Waals surface area contributed by atoms with Crippen molar-refractivity contribution in [3.63, 3.8) is 0 Å². The normalized spacial score (nSPS) is 18.1. The molecule has 6 nitrogen and oxygen atoms in total. The van der Waals surface area contributed by atoms with Crippen molar-refractivity contribution < 1.29 is 26.4 Å². The lowest BCUT2D eigenvalue weighted by Gasteiger charge is -2.28. The number of halogens is 3. The summed E-state index contributed by atoms with van der Waals surface area (Å²) in [5, 5.41) is 2.92. The third-order valence-electron chi connectivity index (χ3n) is 7.36. The highest BCUT2D eigenvalue weighted by molar-refractivity contribution is 7.93. The van der Waals surface area contributed by atoms with Gasteiger partial charge in [0.25, 0.3) is 10.0 Å². The highest BCUT2D eigenvalue weighted by Gasteiger charge is 2.42. The summed E-state index contributed by atoms with van der Waals surface area (Å²) in [7, 11) is -4.19. The first-order valence-corrected chi connectivity index (χ1v) is 14.5. The molecule has 206 valence electrons. The second-order valence-corrected chi connectivity index (χ2v) is 11.7. The van der Waals surface area contributed by atoms with Crippen LogP contribution in [0.15, 0.2) is 77.7 Å². The largest absolute Gasteiger partial charge is 0.417 e. The molecule has 0 unspecified atom stereocenters. The predicted octanol–water partition coefficient (Wildman–Crippen LogP) is 5.09. The highest BCUT2D eigenvalue weighted by atomic mass is 32.2. The Labute approximate surface area is 226 Å². The van der Waals surface area contributed by atoms with Gasteiger partial charge in [0.05, 0.1) is 16.1 Å². The third kappa shape index (κ3) is 5.67. The van der Waals surface area contributed by atoms with Crippen molar-refractivity contribution in [3.8, 4) is 11.1 Å². The molecule has 3 aromatic rings. The van der Waals surface area contributed by atoms with Gasteiger partial charge in [0.1, 0.15) is 6.04 Å². The Morgan fingerprint density at radius 3 is 2.28 bits per heavy atom. The fourth-order valence-corrected chi connectivity index (χ4v) is 7.04. The molecule has 1 N–H and O–H groups in total. The maximum Gasteiger partial charge on any atom is 0.417 e. The van der Waals surface area contributed by atoms with Crippen molar-refractivity contribution in [2.24, 2.45) is 0 Å². The van der Waals surface area contributed by atoms with Gasteiger partial charge < -0.3 is 10.2 Å². The van der Waals surface area contributed by atoms with Gasteiger partial charge in [-0.15, -0.1) is 0 Å². The number of fused-ring (bicyclic) bond motifs is 1. The first kappa shape index (κ1) is 27.2. The summed E-state index contributed by atoms with van der Waals surface area (Å²) in [6.07, 6.45) is -0.819. The van der Waals surface area contributed by atoms with Crippen molar-refractivity contribution in [3.05, 3.63) is 83.9 Å². The Kier molecular flexibility index (Phi) is 7.68. The van der Waals surface area contributed by atoms with E-state index in [1.165, 1.54) is 48.9 Å². The SMILES string of the molecule is O=C(NCCN1CCCCC1)[C@@H]1Cc2ccccc2N1S(=O)(=O)c1ccc(-c2ccccc2C(F)(F)F)cc1. The number of nitrogens with zero attached hydrogens (tertiary/aromatic N) is 2. The summed E-state index contributed by atoms with van der Waals surface area (Å²) in [6, 6.07) is 16.5. The van der Waals surface area contributed by atoms with E-state index in [4.69, 9.17) is 0 Å². The van der Waals surface area contributed by atoms with Crippen LogP contribution in [0, 0.1) is 0 Å². The van der Waals surface area contributed by atoms with Crippen LogP contribution in [0.3, 0.4) is 0 Å². The smallest absolute Gasteiger partial charge is 0.353 e. The van der Waals surface area contributed by atoms with Crippen LogP contribution in [0.25, 0.3) is 11.1 Å². The fraction of sp³-hybridized carbons (Fsp3) is 0.345. The predicted molar refractivity (Wildman–Crippen MR) is 144 cm³/mol. The molecule has 1 saturated heterocycles. The summed E-state index contributed by atoms with van der Waals surface area (Å²) in [6.45, 7) is 3.12. The first-order chi connectivity index (χ1) is 18.7. The van der Waals surface area contributed by atoms with Crippen molar-refractivity contribution in [1.29, 1.82) is 0 Å². The maximum absolute atomic E-state index is 13.9. The third-order valence-corrected chi connectivity index (χ3v) is 9.20. The van der Waals surface area contributed by atoms with E-state index in [1.54, 1.807) is 24.3 Å². The van der Waals surface area contributed by atoms with Gasteiger partial charge >= 0.3 is 6.18 Å². The van der Waals surface area contributed by atoms with Gasteiger partial charge in [0.15, 0.2) is 0 Å².